The van der Waals surface area contributed by atoms with Crippen LogP contribution in [0.1, 0.15) is 22.7 Å². The van der Waals surface area contributed by atoms with Crippen LogP contribution in [0.5, 0.6) is 5.75 Å². The number of aliphatic imine (C=N–C) groups is 1. The number of methoxy groups -OCH3 is 1. The maximum Gasteiger partial charge on any atom is 0.211 e. The van der Waals surface area contributed by atoms with Gasteiger partial charge < -0.3 is 21.5 Å². The molecule has 6 N–H and O–H groups in total. The summed E-state index contributed by atoms with van der Waals surface area (Å²) in [6, 6.07) is 6.74. The van der Waals surface area contributed by atoms with Crippen molar-refractivity contribution in [1.82, 2.24) is 10.3 Å². The Labute approximate surface area is 157 Å². The van der Waals surface area contributed by atoms with E-state index in [0.717, 1.165) is 4.47 Å². The molecule has 130 valence electrons. The second-order valence-corrected chi connectivity index (χ2v) is 6.20. The number of aromatic nitrogens is 1. The molecule has 1 aliphatic heterocycles. The number of guanidine groups is 1. The van der Waals surface area contributed by atoms with Crippen molar-refractivity contribution >= 4 is 39.2 Å². The number of hydrogen-bond donors (Lipinski definition) is 4. The fraction of sp³-hybridized carbons (Fsp3) is 0.125. The van der Waals surface area contributed by atoms with Gasteiger partial charge in [-0.1, -0.05) is 15.9 Å². The Balaban J connectivity index is 2.31. The number of benzene rings is 1. The van der Waals surface area contributed by atoms with Crippen LogP contribution < -0.4 is 26.8 Å². The molecule has 0 radical (unpaired) electrons. The van der Waals surface area contributed by atoms with E-state index in [1.165, 1.54) is 7.11 Å². The summed E-state index contributed by atoms with van der Waals surface area (Å²) in [6.07, 6.45) is 1.81. The molecule has 0 saturated carbocycles. The summed E-state index contributed by atoms with van der Waals surface area (Å²) in [4.78, 5) is 8.71. The van der Waals surface area contributed by atoms with Crippen molar-refractivity contribution in [2.75, 3.05) is 23.9 Å². The lowest BCUT2D eigenvalue weighted by Gasteiger charge is -2.27. The average molecular weight is 413 g/mol. The third-order valence-corrected chi connectivity index (χ3v) is 4.34. The molecule has 1 aromatic heterocycles. The predicted octanol–water partition coefficient (Wildman–Crippen LogP) is 1.83. The van der Waals surface area contributed by atoms with Crippen LogP contribution >= 0.6 is 15.9 Å². The van der Waals surface area contributed by atoms with Crippen molar-refractivity contribution in [3.63, 3.8) is 0 Å². The summed E-state index contributed by atoms with van der Waals surface area (Å²) in [7, 11) is 1.54. The van der Waals surface area contributed by atoms with E-state index in [4.69, 9.17) is 21.5 Å². The fourth-order valence-corrected chi connectivity index (χ4v) is 3.10. The number of hydrogen-bond acceptors (Lipinski definition) is 9. The second kappa shape index (κ2) is 6.78. The Hall–Kier alpha value is -3.50. The molecule has 1 aromatic carbocycles. The molecule has 0 fully saturated rings. The van der Waals surface area contributed by atoms with Crippen LogP contribution in [0.15, 0.2) is 27.7 Å². The van der Waals surface area contributed by atoms with Gasteiger partial charge in [0.05, 0.1) is 12.8 Å². The highest BCUT2D eigenvalue weighted by Gasteiger charge is 2.31. The molecule has 9 nitrogen and oxygen atoms in total. The van der Waals surface area contributed by atoms with Gasteiger partial charge in [-0.25, -0.2) is 9.98 Å². The van der Waals surface area contributed by atoms with E-state index in [1.807, 2.05) is 18.2 Å². The first-order chi connectivity index (χ1) is 12.5. The van der Waals surface area contributed by atoms with Gasteiger partial charge in [-0.15, -0.1) is 0 Å². The summed E-state index contributed by atoms with van der Waals surface area (Å²) >= 11 is 3.43. The third-order valence-electron chi connectivity index (χ3n) is 3.84. The van der Waals surface area contributed by atoms with Gasteiger partial charge >= 0.3 is 0 Å². The van der Waals surface area contributed by atoms with Crippen molar-refractivity contribution in [2.24, 2.45) is 4.99 Å². The number of rotatable bonds is 2. The van der Waals surface area contributed by atoms with Gasteiger partial charge in [0, 0.05) is 15.6 Å². The van der Waals surface area contributed by atoms with Crippen LogP contribution in [0, 0.1) is 22.8 Å². The molecule has 0 aliphatic carbocycles. The van der Waals surface area contributed by atoms with Gasteiger partial charge in [0.2, 0.25) is 5.96 Å². The smallest absolute Gasteiger partial charge is 0.211 e. The van der Waals surface area contributed by atoms with E-state index < -0.39 is 6.04 Å². The van der Waals surface area contributed by atoms with E-state index in [1.54, 1.807) is 12.3 Å². The number of ether oxygens (including phenoxy) is 1. The van der Waals surface area contributed by atoms with Crippen LogP contribution in [0.25, 0.3) is 0 Å². The number of anilines is 3. The minimum absolute atomic E-state index is 0.00517. The number of nitrogens with two attached hydrogens (primary N) is 2. The molecule has 2 heterocycles. The van der Waals surface area contributed by atoms with Crippen molar-refractivity contribution in [3.05, 3.63) is 39.4 Å². The van der Waals surface area contributed by atoms with Crippen LogP contribution in [-0.4, -0.2) is 18.1 Å². The highest BCUT2D eigenvalue weighted by molar-refractivity contribution is 9.10. The Morgan fingerprint density at radius 3 is 2.77 bits per heavy atom. The molecule has 26 heavy (non-hydrogen) atoms. The third kappa shape index (κ3) is 2.83. The highest BCUT2D eigenvalue weighted by Crippen LogP contribution is 2.43. The molecule has 0 spiro atoms. The number of nitrogens with one attached hydrogen (secondary N) is 2. The molecule has 0 bridgehead atoms. The predicted molar refractivity (Wildman–Crippen MR) is 100 cm³/mol. The SMILES string of the molecule is COc1ccc(Br)cc1C1N=C(NC#N)Nc2nc(N)c(C#N)c(N)c21. The monoisotopic (exact) mass is 412 g/mol. The molecule has 1 atom stereocenters. The number of pyridine rings is 1. The Morgan fingerprint density at radius 2 is 2.12 bits per heavy atom. The zero-order valence-electron chi connectivity index (χ0n) is 13.5. The van der Waals surface area contributed by atoms with Crippen molar-refractivity contribution in [1.29, 1.82) is 10.5 Å². The summed E-state index contributed by atoms with van der Waals surface area (Å²) in [6.45, 7) is 0. The highest BCUT2D eigenvalue weighted by atomic mass is 79.9. The Kier molecular flexibility index (Phi) is 4.52. The van der Waals surface area contributed by atoms with Crippen LogP contribution in [0.3, 0.4) is 0 Å². The van der Waals surface area contributed by atoms with Crippen molar-refractivity contribution < 1.29 is 4.74 Å². The number of halogens is 1. The molecule has 0 saturated heterocycles. The first-order valence-electron chi connectivity index (χ1n) is 7.32. The first kappa shape index (κ1) is 17.3. The lowest BCUT2D eigenvalue weighted by Crippen LogP contribution is -2.32. The molecular weight excluding hydrogens is 400 g/mol. The molecule has 0 amide bonds. The second-order valence-electron chi connectivity index (χ2n) is 5.29. The molecular formula is C16H13BrN8O. The fourth-order valence-electron chi connectivity index (χ4n) is 2.72. The van der Waals surface area contributed by atoms with Gasteiger partial charge in [0.1, 0.15) is 35.1 Å². The van der Waals surface area contributed by atoms with E-state index in [0.29, 0.717) is 22.7 Å². The molecule has 10 heteroatoms. The summed E-state index contributed by atoms with van der Waals surface area (Å²) in [5, 5.41) is 23.6. The Bertz CT molecular complexity index is 1000. The lowest BCUT2D eigenvalue weighted by molar-refractivity contribution is 0.408. The topological polar surface area (TPSA) is 158 Å². The molecule has 1 unspecified atom stereocenters. The lowest BCUT2D eigenvalue weighted by atomic mass is 9.94. The van der Waals surface area contributed by atoms with Gasteiger partial charge in [0.25, 0.3) is 0 Å². The van der Waals surface area contributed by atoms with Gasteiger partial charge in [0.15, 0.2) is 6.19 Å². The van der Waals surface area contributed by atoms with Crippen LogP contribution in [0.4, 0.5) is 17.3 Å². The number of nitrogens with zero attached hydrogens (tertiary/aromatic N) is 4. The van der Waals surface area contributed by atoms with E-state index in [9.17, 15) is 5.26 Å². The largest absolute Gasteiger partial charge is 0.496 e. The van der Waals surface area contributed by atoms with Crippen LogP contribution in [0.2, 0.25) is 0 Å². The average Bonchev–Trinajstić information content (AvgIpc) is 2.61. The van der Waals surface area contributed by atoms with Gasteiger partial charge in [-0.05, 0) is 18.2 Å². The van der Waals surface area contributed by atoms with Gasteiger partial charge in [-0.3, -0.25) is 5.32 Å². The maximum atomic E-state index is 9.34. The Morgan fingerprint density at radius 1 is 1.35 bits per heavy atom. The number of fused-ring (bicyclic) bond motifs is 1. The van der Waals surface area contributed by atoms with E-state index in [-0.39, 0.29) is 23.0 Å². The van der Waals surface area contributed by atoms with Crippen LogP contribution in [-0.2, 0) is 0 Å². The van der Waals surface area contributed by atoms with Gasteiger partial charge in [-0.2, -0.15) is 10.5 Å². The summed E-state index contributed by atoms with van der Waals surface area (Å²) in [5.74, 6) is 1.07. The van der Waals surface area contributed by atoms with E-state index in [2.05, 4.69) is 36.5 Å². The maximum absolute atomic E-state index is 9.34. The summed E-state index contributed by atoms with van der Waals surface area (Å²) < 4.78 is 6.24. The standard InChI is InChI=1S/C16H13BrN8O/c1-26-10-3-2-7(17)4-8(10)13-11-12(20)9(5-18)14(21)24-15(11)25-16(23-13)22-6-19/h2-4,13H,1H3,(H6,20,21,22,23,24,25). The zero-order chi connectivity index (χ0) is 18.8. The first-order valence-corrected chi connectivity index (χ1v) is 8.11. The number of nitrogen functional groups attached to an aromatic ring is 2. The molecule has 2 aromatic rings. The van der Waals surface area contributed by atoms with Crippen molar-refractivity contribution in [2.45, 2.75) is 6.04 Å². The minimum atomic E-state index is -0.658. The normalized spacial score (nSPS) is 14.9. The van der Waals surface area contributed by atoms with Crippen molar-refractivity contribution in [3.8, 4) is 18.0 Å². The molecule has 3 rings (SSSR count). The number of nitriles is 2. The minimum Gasteiger partial charge on any atom is -0.496 e. The quantitative estimate of drug-likeness (QED) is 0.429. The molecule has 1 aliphatic rings. The summed E-state index contributed by atoms with van der Waals surface area (Å²) in [5.41, 5.74) is 13.5. The van der Waals surface area contributed by atoms with E-state index >= 15 is 0 Å². The zero-order valence-corrected chi connectivity index (χ0v) is 15.1.